The summed E-state index contributed by atoms with van der Waals surface area (Å²) in [5.41, 5.74) is 0.889. The monoisotopic (exact) mass is 236 g/mol. The summed E-state index contributed by atoms with van der Waals surface area (Å²) in [5, 5.41) is 4.11. The summed E-state index contributed by atoms with van der Waals surface area (Å²) in [6.07, 6.45) is 3.59. The van der Waals surface area contributed by atoms with Gasteiger partial charge in [-0.15, -0.1) is 11.8 Å². The maximum Gasteiger partial charge on any atom is 0.0768 e. The Morgan fingerprint density at radius 2 is 2.38 bits per heavy atom. The number of halogens is 1. The number of hydrogen-bond acceptors (Lipinski definition) is 2. The summed E-state index contributed by atoms with van der Waals surface area (Å²) in [5.74, 6) is 5.97. The van der Waals surface area contributed by atoms with Crippen LogP contribution >= 0.6 is 11.6 Å². The SMILES string of the molecule is CC#CCC(NCCC)c1ncccc1Cl. The Kier molecular flexibility index (Phi) is 5.92. The van der Waals surface area contributed by atoms with Crippen molar-refractivity contribution >= 4 is 11.6 Å². The molecule has 3 heteroatoms. The van der Waals surface area contributed by atoms with Crippen molar-refractivity contribution in [2.75, 3.05) is 6.54 Å². The lowest BCUT2D eigenvalue weighted by Gasteiger charge is -2.16. The van der Waals surface area contributed by atoms with Gasteiger partial charge >= 0.3 is 0 Å². The molecule has 0 aromatic carbocycles. The highest BCUT2D eigenvalue weighted by molar-refractivity contribution is 6.31. The van der Waals surface area contributed by atoms with E-state index in [1.807, 2.05) is 19.1 Å². The van der Waals surface area contributed by atoms with Gasteiger partial charge in [0.1, 0.15) is 0 Å². The van der Waals surface area contributed by atoms with Gasteiger partial charge in [-0.1, -0.05) is 18.5 Å². The molecule has 1 aromatic heterocycles. The molecule has 0 aliphatic rings. The summed E-state index contributed by atoms with van der Waals surface area (Å²) in [7, 11) is 0. The van der Waals surface area contributed by atoms with Crippen LogP contribution in [0.1, 0.15) is 38.4 Å². The highest BCUT2D eigenvalue weighted by atomic mass is 35.5. The summed E-state index contributed by atoms with van der Waals surface area (Å²) < 4.78 is 0. The van der Waals surface area contributed by atoms with Crippen molar-refractivity contribution < 1.29 is 0 Å². The summed E-state index contributed by atoms with van der Waals surface area (Å²) >= 11 is 6.13. The van der Waals surface area contributed by atoms with E-state index in [2.05, 4.69) is 29.1 Å². The second-order valence-corrected chi connectivity index (χ2v) is 3.92. The Morgan fingerprint density at radius 3 is 3.00 bits per heavy atom. The Bertz CT molecular complexity index is 379. The number of nitrogens with zero attached hydrogens (tertiary/aromatic N) is 1. The minimum absolute atomic E-state index is 0.126. The molecule has 1 aromatic rings. The highest BCUT2D eigenvalue weighted by Gasteiger charge is 2.13. The standard InChI is InChI=1S/C13H17ClN2/c1-3-5-8-12(15-9-4-2)13-11(14)7-6-10-16-13/h6-7,10,12,15H,4,8-9H2,1-2H3. The Morgan fingerprint density at radius 1 is 1.56 bits per heavy atom. The topological polar surface area (TPSA) is 24.9 Å². The van der Waals surface area contributed by atoms with Crippen molar-refractivity contribution in [1.82, 2.24) is 10.3 Å². The van der Waals surface area contributed by atoms with Crippen LogP contribution in [-0.2, 0) is 0 Å². The van der Waals surface area contributed by atoms with Gasteiger partial charge in [-0.25, -0.2) is 0 Å². The number of hydrogen-bond donors (Lipinski definition) is 1. The fraction of sp³-hybridized carbons (Fsp3) is 0.462. The fourth-order valence-corrected chi connectivity index (χ4v) is 1.70. The smallest absolute Gasteiger partial charge is 0.0768 e. The van der Waals surface area contributed by atoms with Gasteiger partial charge in [0.2, 0.25) is 0 Å². The Balaban J connectivity index is 2.81. The van der Waals surface area contributed by atoms with E-state index in [1.165, 1.54) is 0 Å². The number of pyridine rings is 1. The molecule has 0 spiro atoms. The van der Waals surface area contributed by atoms with Crippen molar-refractivity contribution in [3.05, 3.63) is 29.0 Å². The van der Waals surface area contributed by atoms with Crippen LogP contribution in [0.25, 0.3) is 0 Å². The van der Waals surface area contributed by atoms with Crippen LogP contribution in [0.3, 0.4) is 0 Å². The van der Waals surface area contributed by atoms with Crippen LogP contribution in [0.5, 0.6) is 0 Å². The third kappa shape index (κ3) is 3.84. The van der Waals surface area contributed by atoms with Crippen molar-refractivity contribution in [3.63, 3.8) is 0 Å². The first-order valence-electron chi connectivity index (χ1n) is 5.53. The first-order valence-corrected chi connectivity index (χ1v) is 5.90. The second-order valence-electron chi connectivity index (χ2n) is 3.51. The van der Waals surface area contributed by atoms with E-state index in [0.29, 0.717) is 5.02 Å². The molecule has 1 atom stereocenters. The lowest BCUT2D eigenvalue weighted by atomic mass is 10.1. The van der Waals surface area contributed by atoms with Gasteiger partial charge in [0.05, 0.1) is 16.8 Å². The van der Waals surface area contributed by atoms with Crippen molar-refractivity contribution in [2.24, 2.45) is 0 Å². The van der Waals surface area contributed by atoms with Gasteiger partial charge in [-0.3, -0.25) is 4.98 Å². The predicted octanol–water partition coefficient (Wildman–Crippen LogP) is 3.19. The van der Waals surface area contributed by atoms with Gasteiger partial charge < -0.3 is 5.32 Å². The quantitative estimate of drug-likeness (QED) is 0.795. The molecule has 1 heterocycles. The predicted molar refractivity (Wildman–Crippen MR) is 68.3 cm³/mol. The molecule has 0 radical (unpaired) electrons. The van der Waals surface area contributed by atoms with Crippen LogP contribution in [0.2, 0.25) is 5.02 Å². The summed E-state index contributed by atoms with van der Waals surface area (Å²) in [6, 6.07) is 3.83. The van der Waals surface area contributed by atoms with E-state index in [-0.39, 0.29) is 6.04 Å². The van der Waals surface area contributed by atoms with E-state index >= 15 is 0 Å². The highest BCUT2D eigenvalue weighted by Crippen LogP contribution is 2.22. The first kappa shape index (κ1) is 13.0. The van der Waals surface area contributed by atoms with E-state index < -0.39 is 0 Å². The van der Waals surface area contributed by atoms with E-state index in [0.717, 1.165) is 25.1 Å². The van der Waals surface area contributed by atoms with E-state index in [9.17, 15) is 0 Å². The van der Waals surface area contributed by atoms with Crippen molar-refractivity contribution in [1.29, 1.82) is 0 Å². The molecule has 2 nitrogen and oxygen atoms in total. The summed E-state index contributed by atoms with van der Waals surface area (Å²) in [4.78, 5) is 4.32. The van der Waals surface area contributed by atoms with E-state index in [4.69, 9.17) is 11.6 Å². The third-order valence-corrected chi connectivity index (χ3v) is 2.56. The molecular weight excluding hydrogens is 220 g/mol. The molecule has 0 aliphatic carbocycles. The maximum atomic E-state index is 6.13. The molecule has 0 saturated heterocycles. The van der Waals surface area contributed by atoms with Crippen molar-refractivity contribution in [2.45, 2.75) is 32.7 Å². The van der Waals surface area contributed by atoms with E-state index in [1.54, 1.807) is 6.20 Å². The molecule has 0 aliphatic heterocycles. The fourth-order valence-electron chi connectivity index (χ4n) is 1.44. The van der Waals surface area contributed by atoms with Crippen LogP contribution in [-0.4, -0.2) is 11.5 Å². The second kappa shape index (κ2) is 7.27. The lowest BCUT2D eigenvalue weighted by Crippen LogP contribution is -2.23. The van der Waals surface area contributed by atoms with Gasteiger partial charge in [-0.2, -0.15) is 0 Å². The van der Waals surface area contributed by atoms with Crippen molar-refractivity contribution in [3.8, 4) is 11.8 Å². The maximum absolute atomic E-state index is 6.13. The zero-order valence-corrected chi connectivity index (χ0v) is 10.5. The van der Waals surface area contributed by atoms with Crippen LogP contribution < -0.4 is 5.32 Å². The molecular formula is C13H17ClN2. The first-order chi connectivity index (χ1) is 7.79. The molecule has 86 valence electrons. The minimum Gasteiger partial charge on any atom is -0.308 e. The van der Waals surface area contributed by atoms with Gasteiger partial charge in [-0.05, 0) is 32.0 Å². The molecule has 0 bridgehead atoms. The largest absolute Gasteiger partial charge is 0.308 e. The molecule has 1 N–H and O–H groups in total. The zero-order valence-electron chi connectivity index (χ0n) is 9.76. The molecule has 0 fully saturated rings. The molecule has 16 heavy (non-hydrogen) atoms. The number of aromatic nitrogens is 1. The molecule has 0 saturated carbocycles. The van der Waals surface area contributed by atoms with Crippen LogP contribution in [0, 0.1) is 11.8 Å². The van der Waals surface area contributed by atoms with Gasteiger partial charge in [0, 0.05) is 12.6 Å². The van der Waals surface area contributed by atoms with Gasteiger partial charge in [0.15, 0.2) is 0 Å². The third-order valence-electron chi connectivity index (χ3n) is 2.24. The lowest BCUT2D eigenvalue weighted by molar-refractivity contribution is 0.531. The minimum atomic E-state index is 0.126. The van der Waals surface area contributed by atoms with Crippen LogP contribution in [0.4, 0.5) is 0 Å². The average molecular weight is 237 g/mol. The average Bonchev–Trinajstić information content (AvgIpc) is 2.31. The van der Waals surface area contributed by atoms with Gasteiger partial charge in [0.25, 0.3) is 0 Å². The molecule has 0 amide bonds. The zero-order chi connectivity index (χ0) is 11.8. The Labute approximate surface area is 102 Å². The van der Waals surface area contributed by atoms with Crippen LogP contribution in [0.15, 0.2) is 18.3 Å². The molecule has 1 unspecified atom stereocenters. The Hall–Kier alpha value is -1.04. The normalized spacial score (nSPS) is 11.7. The number of nitrogens with one attached hydrogen (secondary N) is 1. The summed E-state index contributed by atoms with van der Waals surface area (Å²) in [6.45, 7) is 4.93. The molecule has 1 rings (SSSR count). The number of rotatable bonds is 5.